The molecule has 3 unspecified atom stereocenters. The highest BCUT2D eigenvalue weighted by Crippen LogP contribution is 2.46. The summed E-state index contributed by atoms with van der Waals surface area (Å²) in [6.45, 7) is 2.27. The number of hydrogen-bond donors (Lipinski definition) is 7. The molecule has 2 aromatic rings. The van der Waals surface area contributed by atoms with Crippen molar-refractivity contribution in [3.63, 3.8) is 0 Å². The zero-order valence-electron chi connectivity index (χ0n) is 22.7. The van der Waals surface area contributed by atoms with Crippen LogP contribution in [0, 0.1) is 0 Å². The first kappa shape index (κ1) is 28.6. The van der Waals surface area contributed by atoms with E-state index in [4.69, 9.17) is 14.2 Å². The first-order chi connectivity index (χ1) is 18.7. The van der Waals surface area contributed by atoms with Crippen LogP contribution in [0.25, 0.3) is 0 Å². The van der Waals surface area contributed by atoms with Crippen LogP contribution in [-0.4, -0.2) is 101 Å². The molecule has 2 saturated heterocycles. The van der Waals surface area contributed by atoms with Gasteiger partial charge in [-0.05, 0) is 44.1 Å². The van der Waals surface area contributed by atoms with Gasteiger partial charge in [0.2, 0.25) is 12.1 Å². The van der Waals surface area contributed by atoms with Gasteiger partial charge < -0.3 is 50.6 Å². The number of rotatable bonds is 8. The normalized spacial score (nSPS) is 40.1. The predicted octanol–water partition coefficient (Wildman–Crippen LogP) is -0.383. The summed E-state index contributed by atoms with van der Waals surface area (Å²) < 4.78 is 18.1. The molecule has 0 aromatic heterocycles. The van der Waals surface area contributed by atoms with E-state index in [1.807, 2.05) is 30.3 Å². The van der Waals surface area contributed by atoms with Crippen molar-refractivity contribution in [1.82, 2.24) is 16.0 Å². The van der Waals surface area contributed by atoms with Crippen LogP contribution in [0.15, 0.2) is 54.6 Å². The van der Waals surface area contributed by atoms with Crippen LogP contribution in [0.2, 0.25) is 0 Å². The monoisotopic (exact) mass is 543 g/mol. The van der Waals surface area contributed by atoms with E-state index in [0.29, 0.717) is 6.54 Å². The van der Waals surface area contributed by atoms with Crippen molar-refractivity contribution in [3.05, 3.63) is 71.3 Å². The van der Waals surface area contributed by atoms with Gasteiger partial charge in [-0.25, -0.2) is 0 Å². The number of ether oxygens (including phenoxy) is 3. The number of benzene rings is 2. The van der Waals surface area contributed by atoms with E-state index in [1.165, 1.54) is 11.1 Å². The Hall–Kier alpha value is -1.96. The number of aliphatic hydroxyl groups is 4. The standard InChI is InChI=1S/C29H41N3O7/c1-17-14-28(35,16-32-15-20-11-9-19(10-12-20)13-18-7-5-4-6-8-18)29(36)27(37-17)38-26-24(34)21(30-2)23(33)22(31-3)25(26)39-29/h4-12,17,21-27,30-36H,13-16H2,1-3H3/t17-,21-,22+,23+,24+,25?,26?,27?,28-,29-/m1/s1. The van der Waals surface area contributed by atoms with Crippen molar-refractivity contribution < 1.29 is 34.6 Å². The third kappa shape index (κ3) is 5.39. The van der Waals surface area contributed by atoms with Gasteiger partial charge in [0.25, 0.3) is 0 Å². The number of nitrogens with one attached hydrogen (secondary N) is 3. The Labute approximate surface area is 229 Å². The Morgan fingerprint density at radius 1 is 0.821 bits per heavy atom. The highest BCUT2D eigenvalue weighted by molar-refractivity contribution is 5.28. The fourth-order valence-electron chi connectivity index (χ4n) is 6.25. The van der Waals surface area contributed by atoms with Crippen LogP contribution in [0.3, 0.4) is 0 Å². The highest BCUT2D eigenvalue weighted by atomic mass is 16.8. The van der Waals surface area contributed by atoms with Gasteiger partial charge in [0.1, 0.15) is 23.9 Å². The quantitative estimate of drug-likeness (QED) is 0.235. The molecule has 0 radical (unpaired) electrons. The maximum absolute atomic E-state index is 11.8. The lowest BCUT2D eigenvalue weighted by Gasteiger charge is -2.60. The fourth-order valence-corrected chi connectivity index (χ4v) is 6.25. The van der Waals surface area contributed by atoms with Crippen LogP contribution < -0.4 is 16.0 Å². The molecule has 10 heteroatoms. The van der Waals surface area contributed by atoms with Crippen LogP contribution in [0.1, 0.15) is 30.0 Å². The summed E-state index contributed by atoms with van der Waals surface area (Å²) in [6.07, 6.45) is -4.81. The molecule has 2 aromatic carbocycles. The van der Waals surface area contributed by atoms with Gasteiger partial charge in [-0.2, -0.15) is 0 Å². The molecule has 214 valence electrons. The summed E-state index contributed by atoms with van der Waals surface area (Å²) in [6, 6.07) is 17.2. The van der Waals surface area contributed by atoms with Crippen LogP contribution in [-0.2, 0) is 27.2 Å². The summed E-state index contributed by atoms with van der Waals surface area (Å²) in [5.41, 5.74) is 1.73. The summed E-state index contributed by atoms with van der Waals surface area (Å²) in [5, 5.41) is 54.6. The molecular formula is C29H41N3O7. The van der Waals surface area contributed by atoms with Crippen molar-refractivity contribution in [2.24, 2.45) is 0 Å². The minimum atomic E-state index is -2.23. The highest BCUT2D eigenvalue weighted by Gasteiger charge is 2.68. The molecule has 7 N–H and O–H groups in total. The van der Waals surface area contributed by atoms with Gasteiger partial charge in [-0.3, -0.25) is 0 Å². The molecule has 39 heavy (non-hydrogen) atoms. The molecule has 5 rings (SSSR count). The van der Waals surface area contributed by atoms with Crippen molar-refractivity contribution in [3.8, 4) is 0 Å². The minimum absolute atomic E-state index is 0.00861. The van der Waals surface area contributed by atoms with Crippen molar-refractivity contribution >= 4 is 0 Å². The molecule has 10 atom stereocenters. The van der Waals surface area contributed by atoms with Gasteiger partial charge in [-0.1, -0.05) is 54.6 Å². The van der Waals surface area contributed by atoms with E-state index >= 15 is 0 Å². The predicted molar refractivity (Wildman–Crippen MR) is 144 cm³/mol. The average molecular weight is 544 g/mol. The smallest absolute Gasteiger partial charge is 0.249 e. The third-order valence-corrected chi connectivity index (χ3v) is 8.37. The Bertz CT molecular complexity index is 1090. The van der Waals surface area contributed by atoms with Gasteiger partial charge in [0.05, 0.1) is 24.3 Å². The lowest BCUT2D eigenvalue weighted by Crippen LogP contribution is -2.81. The molecule has 0 spiro atoms. The van der Waals surface area contributed by atoms with Crippen molar-refractivity contribution in [1.29, 1.82) is 0 Å². The molecule has 0 amide bonds. The first-order valence-corrected chi connectivity index (χ1v) is 13.7. The summed E-state index contributed by atoms with van der Waals surface area (Å²) in [4.78, 5) is 0. The lowest BCUT2D eigenvalue weighted by atomic mass is 9.77. The van der Waals surface area contributed by atoms with E-state index in [0.717, 1.165) is 12.0 Å². The van der Waals surface area contributed by atoms with Gasteiger partial charge >= 0.3 is 0 Å². The molecular weight excluding hydrogens is 502 g/mol. The van der Waals surface area contributed by atoms with E-state index in [2.05, 4.69) is 40.2 Å². The lowest BCUT2D eigenvalue weighted by molar-refractivity contribution is -0.482. The zero-order chi connectivity index (χ0) is 27.8. The minimum Gasteiger partial charge on any atom is -0.390 e. The van der Waals surface area contributed by atoms with E-state index < -0.39 is 60.3 Å². The zero-order valence-corrected chi connectivity index (χ0v) is 22.7. The summed E-state index contributed by atoms with van der Waals surface area (Å²) in [7, 11) is 3.30. The molecule has 2 aliphatic heterocycles. The second-order valence-corrected chi connectivity index (χ2v) is 11.1. The van der Waals surface area contributed by atoms with Crippen LogP contribution >= 0.6 is 0 Å². The third-order valence-electron chi connectivity index (χ3n) is 8.37. The number of likely N-dealkylation sites (N-methyl/N-ethyl adjacent to an activating group) is 2. The van der Waals surface area contributed by atoms with Gasteiger partial charge in [0, 0.05) is 19.5 Å². The fraction of sp³-hybridized carbons (Fsp3) is 0.586. The molecule has 2 heterocycles. The van der Waals surface area contributed by atoms with Crippen LogP contribution in [0.5, 0.6) is 0 Å². The SMILES string of the molecule is CN[C@@H]1[C@H](O)[C@H](NC)C2O[C@]3(O)C(OC2[C@H]1O)O[C@H](C)C[C@@]3(O)CNCc1ccc(Cc2ccccc2)cc1. The molecule has 3 aliphatic rings. The number of fused-ring (bicyclic) bond motifs is 2. The second kappa shape index (κ2) is 11.5. The van der Waals surface area contributed by atoms with E-state index in [-0.39, 0.29) is 13.0 Å². The van der Waals surface area contributed by atoms with Crippen molar-refractivity contribution in [2.75, 3.05) is 20.6 Å². The maximum atomic E-state index is 11.8. The van der Waals surface area contributed by atoms with Crippen LogP contribution in [0.4, 0.5) is 0 Å². The Morgan fingerprint density at radius 2 is 1.46 bits per heavy atom. The van der Waals surface area contributed by atoms with E-state index in [9.17, 15) is 20.4 Å². The maximum Gasteiger partial charge on any atom is 0.249 e. The molecule has 10 nitrogen and oxygen atoms in total. The van der Waals surface area contributed by atoms with Gasteiger partial charge in [0.15, 0.2) is 0 Å². The topological polar surface area (TPSA) is 145 Å². The molecule has 3 fully saturated rings. The Kier molecular flexibility index (Phi) is 8.42. The first-order valence-electron chi connectivity index (χ1n) is 13.7. The Balaban J connectivity index is 1.28. The van der Waals surface area contributed by atoms with Crippen molar-refractivity contribution in [2.45, 2.75) is 86.6 Å². The second-order valence-electron chi connectivity index (χ2n) is 11.1. The largest absolute Gasteiger partial charge is 0.390 e. The van der Waals surface area contributed by atoms with E-state index in [1.54, 1.807) is 21.0 Å². The van der Waals surface area contributed by atoms with Gasteiger partial charge in [-0.15, -0.1) is 0 Å². The molecule has 1 saturated carbocycles. The molecule has 1 aliphatic carbocycles. The molecule has 0 bridgehead atoms. The number of aliphatic hydroxyl groups excluding tert-OH is 2. The summed E-state index contributed by atoms with van der Waals surface area (Å²) in [5.74, 6) is -2.23. The number of hydrogen-bond acceptors (Lipinski definition) is 10. The average Bonchev–Trinajstić information content (AvgIpc) is 2.91. The Morgan fingerprint density at radius 3 is 2.13 bits per heavy atom. The summed E-state index contributed by atoms with van der Waals surface area (Å²) >= 11 is 0.